The first-order chi connectivity index (χ1) is 12.6. The molecular weight excluding hydrogens is 343 g/mol. The fourth-order valence-electron chi connectivity index (χ4n) is 6.27. The summed E-state index contributed by atoms with van der Waals surface area (Å²) in [5, 5.41) is 0.245. The van der Waals surface area contributed by atoms with Crippen molar-refractivity contribution in [1.29, 1.82) is 0 Å². The second-order valence-corrected chi connectivity index (χ2v) is 9.59. The zero-order chi connectivity index (χ0) is 18.1. The first kappa shape index (κ1) is 18.5. The molecule has 4 unspecified atom stereocenters. The van der Waals surface area contributed by atoms with Crippen LogP contribution in [0.15, 0.2) is 30.9 Å². The highest BCUT2D eigenvalue weighted by molar-refractivity contribution is 6.30. The van der Waals surface area contributed by atoms with Gasteiger partial charge in [-0.05, 0) is 117 Å². The number of hydrogen-bond acceptors (Lipinski definition) is 0. The lowest BCUT2D eigenvalue weighted by Gasteiger charge is -2.45. The van der Waals surface area contributed by atoms with E-state index in [4.69, 9.17) is 11.6 Å². The monoisotopic (exact) mass is 374 g/mol. The zero-order valence-electron chi connectivity index (χ0n) is 15.8. The van der Waals surface area contributed by atoms with E-state index in [2.05, 4.69) is 12.7 Å². The van der Waals surface area contributed by atoms with E-state index < -0.39 is 0 Å². The molecule has 0 aliphatic heterocycles. The van der Waals surface area contributed by atoms with Crippen LogP contribution in [0.25, 0.3) is 0 Å². The second kappa shape index (κ2) is 8.05. The highest BCUT2D eigenvalue weighted by Gasteiger charge is 2.38. The minimum absolute atomic E-state index is 0.245. The summed E-state index contributed by atoms with van der Waals surface area (Å²) in [7, 11) is 0. The second-order valence-electron chi connectivity index (χ2n) is 9.19. The molecule has 0 nitrogen and oxygen atoms in total. The Balaban J connectivity index is 1.34. The van der Waals surface area contributed by atoms with Crippen LogP contribution in [-0.4, -0.2) is 0 Å². The first-order valence-corrected chi connectivity index (χ1v) is 11.1. The van der Waals surface area contributed by atoms with E-state index in [9.17, 15) is 4.39 Å². The number of halogens is 2. The van der Waals surface area contributed by atoms with Crippen LogP contribution in [0.3, 0.4) is 0 Å². The molecule has 3 aliphatic rings. The fourth-order valence-corrected chi connectivity index (χ4v) is 6.39. The van der Waals surface area contributed by atoms with E-state index in [0.717, 1.165) is 35.2 Å². The molecule has 142 valence electrons. The molecule has 0 aromatic heterocycles. The quantitative estimate of drug-likeness (QED) is 0.474. The molecule has 0 radical (unpaired) electrons. The molecule has 0 bridgehead atoms. The number of rotatable bonds is 3. The van der Waals surface area contributed by atoms with Gasteiger partial charge in [0.05, 0.1) is 5.02 Å². The predicted octanol–water partition coefficient (Wildman–Crippen LogP) is 7.77. The minimum atomic E-state index is -0.259. The lowest BCUT2D eigenvalue weighted by Crippen LogP contribution is -2.34. The average Bonchev–Trinajstić information content (AvgIpc) is 2.69. The third kappa shape index (κ3) is 3.88. The number of benzene rings is 1. The van der Waals surface area contributed by atoms with Crippen LogP contribution in [0, 0.1) is 35.4 Å². The van der Waals surface area contributed by atoms with Crippen LogP contribution < -0.4 is 0 Å². The van der Waals surface area contributed by atoms with Gasteiger partial charge in [-0.3, -0.25) is 0 Å². The summed E-state index contributed by atoms with van der Waals surface area (Å²) in [6, 6.07) is 5.45. The highest BCUT2D eigenvalue weighted by atomic mass is 35.5. The zero-order valence-corrected chi connectivity index (χ0v) is 16.6. The Morgan fingerprint density at radius 3 is 2.15 bits per heavy atom. The number of hydrogen-bond donors (Lipinski definition) is 0. The van der Waals surface area contributed by atoms with Gasteiger partial charge in [-0.25, -0.2) is 4.39 Å². The number of allylic oxidation sites excluding steroid dienone is 1. The molecule has 3 fully saturated rings. The molecule has 1 aromatic carbocycles. The van der Waals surface area contributed by atoms with Gasteiger partial charge in [0, 0.05) is 0 Å². The summed E-state index contributed by atoms with van der Waals surface area (Å²) in [5.41, 5.74) is 1.16. The largest absolute Gasteiger partial charge is 0.205 e. The van der Waals surface area contributed by atoms with Gasteiger partial charge in [-0.15, -0.1) is 6.58 Å². The summed E-state index contributed by atoms with van der Waals surface area (Å²) >= 11 is 5.86. The minimum Gasteiger partial charge on any atom is -0.205 e. The lowest BCUT2D eigenvalue weighted by atomic mass is 9.60. The first-order valence-electron chi connectivity index (χ1n) is 10.7. The topological polar surface area (TPSA) is 0 Å². The summed E-state index contributed by atoms with van der Waals surface area (Å²) in [5.74, 6) is 4.75. The third-order valence-electron chi connectivity index (χ3n) is 7.89. The molecule has 0 amide bonds. The van der Waals surface area contributed by atoms with Crippen molar-refractivity contribution < 1.29 is 4.39 Å². The average molecular weight is 375 g/mol. The summed E-state index contributed by atoms with van der Waals surface area (Å²) in [4.78, 5) is 0. The third-order valence-corrected chi connectivity index (χ3v) is 8.19. The summed E-state index contributed by atoms with van der Waals surface area (Å²) in [6.45, 7) is 3.99. The van der Waals surface area contributed by atoms with Crippen molar-refractivity contribution in [3.05, 3.63) is 47.3 Å². The van der Waals surface area contributed by atoms with Gasteiger partial charge < -0.3 is 0 Å². The van der Waals surface area contributed by atoms with Crippen LogP contribution >= 0.6 is 11.6 Å². The SMILES string of the molecule is C=CC1CCC(C2CCC3CC(c4ccc(Cl)c(F)c4)CCC3C2)CC1. The van der Waals surface area contributed by atoms with Crippen LogP contribution in [0.1, 0.15) is 75.7 Å². The molecule has 2 heteroatoms. The van der Waals surface area contributed by atoms with E-state index in [1.54, 1.807) is 12.1 Å². The van der Waals surface area contributed by atoms with Crippen LogP contribution in [0.5, 0.6) is 0 Å². The molecular formula is C24H32ClF. The van der Waals surface area contributed by atoms with E-state index >= 15 is 0 Å². The van der Waals surface area contributed by atoms with Gasteiger partial charge in [0.25, 0.3) is 0 Å². The van der Waals surface area contributed by atoms with Crippen molar-refractivity contribution in [1.82, 2.24) is 0 Å². The van der Waals surface area contributed by atoms with Crippen molar-refractivity contribution in [2.75, 3.05) is 0 Å². The molecule has 1 aromatic rings. The fraction of sp³-hybridized carbons (Fsp3) is 0.667. The van der Waals surface area contributed by atoms with Crippen molar-refractivity contribution in [3.63, 3.8) is 0 Å². The Bertz CT molecular complexity index is 631. The van der Waals surface area contributed by atoms with Crippen molar-refractivity contribution >= 4 is 11.6 Å². The van der Waals surface area contributed by atoms with Crippen molar-refractivity contribution in [2.24, 2.45) is 29.6 Å². The smallest absolute Gasteiger partial charge is 0.142 e. The van der Waals surface area contributed by atoms with E-state index in [1.807, 2.05) is 6.07 Å². The molecule has 0 spiro atoms. The maximum absolute atomic E-state index is 13.8. The van der Waals surface area contributed by atoms with Gasteiger partial charge in [0.15, 0.2) is 0 Å². The molecule has 3 saturated carbocycles. The van der Waals surface area contributed by atoms with Crippen LogP contribution in [-0.2, 0) is 0 Å². The van der Waals surface area contributed by atoms with E-state index in [-0.39, 0.29) is 10.8 Å². The Hall–Kier alpha value is -0.820. The molecule has 4 rings (SSSR count). The van der Waals surface area contributed by atoms with Gasteiger partial charge >= 0.3 is 0 Å². The van der Waals surface area contributed by atoms with E-state index in [1.165, 1.54) is 64.2 Å². The normalized spacial score (nSPS) is 37.8. The van der Waals surface area contributed by atoms with Gasteiger partial charge in [0.2, 0.25) is 0 Å². The Morgan fingerprint density at radius 1 is 0.846 bits per heavy atom. The van der Waals surface area contributed by atoms with Crippen molar-refractivity contribution in [3.8, 4) is 0 Å². The molecule has 4 atom stereocenters. The Kier molecular flexibility index (Phi) is 5.74. The number of fused-ring (bicyclic) bond motifs is 1. The lowest BCUT2D eigenvalue weighted by molar-refractivity contribution is 0.0748. The molecule has 0 saturated heterocycles. The summed E-state index contributed by atoms with van der Waals surface area (Å²) in [6.07, 6.45) is 15.8. The maximum Gasteiger partial charge on any atom is 0.142 e. The summed E-state index contributed by atoms with van der Waals surface area (Å²) < 4.78 is 13.8. The van der Waals surface area contributed by atoms with Gasteiger partial charge in [-0.1, -0.05) is 23.7 Å². The van der Waals surface area contributed by atoms with Crippen LogP contribution in [0.4, 0.5) is 4.39 Å². The van der Waals surface area contributed by atoms with E-state index in [0.29, 0.717) is 5.92 Å². The predicted molar refractivity (Wildman–Crippen MR) is 108 cm³/mol. The van der Waals surface area contributed by atoms with Crippen molar-refractivity contribution in [2.45, 2.75) is 70.1 Å². The molecule has 3 aliphatic carbocycles. The standard InChI is InChI=1S/C24H32ClF/c1-2-16-3-5-17(6-4-16)18-7-8-20-14-21(10-9-19(20)13-18)22-11-12-23(25)24(26)15-22/h2,11-12,15-21H,1,3-10,13-14H2. The van der Waals surface area contributed by atoms with Gasteiger partial charge in [0.1, 0.15) is 5.82 Å². The highest BCUT2D eigenvalue weighted by Crippen LogP contribution is 2.51. The maximum atomic E-state index is 13.8. The van der Waals surface area contributed by atoms with Gasteiger partial charge in [-0.2, -0.15) is 0 Å². The Labute approximate surface area is 163 Å². The molecule has 0 N–H and O–H groups in total. The van der Waals surface area contributed by atoms with Crippen LogP contribution in [0.2, 0.25) is 5.02 Å². The molecule has 0 heterocycles. The Morgan fingerprint density at radius 2 is 1.46 bits per heavy atom. The molecule has 26 heavy (non-hydrogen) atoms.